The standard InChI is InChI=1S/C14H18IN3O2/c1-16-13(19)10-17-6-8-18(9-7-17)14(20)11-2-4-12(15)5-3-11/h2-5H,6-10H2,1H3,(H,16,19). The van der Waals surface area contributed by atoms with Crippen molar-refractivity contribution in [1.82, 2.24) is 15.1 Å². The first-order valence-electron chi connectivity index (χ1n) is 6.58. The van der Waals surface area contributed by atoms with E-state index in [0.717, 1.165) is 22.2 Å². The molecule has 1 saturated heterocycles. The van der Waals surface area contributed by atoms with Crippen molar-refractivity contribution >= 4 is 34.4 Å². The molecule has 0 spiro atoms. The lowest BCUT2D eigenvalue weighted by molar-refractivity contribution is -0.122. The van der Waals surface area contributed by atoms with Gasteiger partial charge in [-0.2, -0.15) is 0 Å². The molecule has 1 N–H and O–H groups in total. The summed E-state index contributed by atoms with van der Waals surface area (Å²) in [6.07, 6.45) is 0. The van der Waals surface area contributed by atoms with Crippen LogP contribution < -0.4 is 5.32 Å². The van der Waals surface area contributed by atoms with Gasteiger partial charge in [-0.1, -0.05) is 0 Å². The Hall–Kier alpha value is -1.15. The summed E-state index contributed by atoms with van der Waals surface area (Å²) in [5, 5.41) is 2.62. The summed E-state index contributed by atoms with van der Waals surface area (Å²) >= 11 is 2.22. The predicted octanol–water partition coefficient (Wildman–Crippen LogP) is 0.795. The maximum atomic E-state index is 12.3. The predicted molar refractivity (Wildman–Crippen MR) is 85.6 cm³/mol. The Labute approximate surface area is 132 Å². The highest BCUT2D eigenvalue weighted by Gasteiger charge is 2.22. The lowest BCUT2D eigenvalue weighted by Crippen LogP contribution is -2.50. The third kappa shape index (κ3) is 3.92. The summed E-state index contributed by atoms with van der Waals surface area (Å²) in [6.45, 7) is 3.22. The van der Waals surface area contributed by atoms with Crippen LogP contribution >= 0.6 is 22.6 Å². The summed E-state index contributed by atoms with van der Waals surface area (Å²) in [6, 6.07) is 7.60. The van der Waals surface area contributed by atoms with Crippen molar-refractivity contribution < 1.29 is 9.59 Å². The van der Waals surface area contributed by atoms with Gasteiger partial charge in [0.15, 0.2) is 0 Å². The Morgan fingerprint density at radius 2 is 1.75 bits per heavy atom. The maximum absolute atomic E-state index is 12.3. The van der Waals surface area contributed by atoms with Crippen molar-refractivity contribution in [2.45, 2.75) is 0 Å². The van der Waals surface area contributed by atoms with Gasteiger partial charge in [-0.15, -0.1) is 0 Å². The molecular weight excluding hydrogens is 369 g/mol. The Bertz CT molecular complexity index is 482. The first-order valence-corrected chi connectivity index (χ1v) is 7.66. The van der Waals surface area contributed by atoms with E-state index < -0.39 is 0 Å². The van der Waals surface area contributed by atoms with Crippen LogP contribution in [0, 0.1) is 3.57 Å². The number of amides is 2. The SMILES string of the molecule is CNC(=O)CN1CCN(C(=O)c2ccc(I)cc2)CC1. The van der Waals surface area contributed by atoms with Gasteiger partial charge < -0.3 is 10.2 Å². The Kier molecular flexibility index (Phi) is 5.36. The zero-order chi connectivity index (χ0) is 14.5. The molecular formula is C14H18IN3O2. The lowest BCUT2D eigenvalue weighted by Gasteiger charge is -2.34. The lowest BCUT2D eigenvalue weighted by atomic mass is 10.2. The average molecular weight is 387 g/mol. The number of benzene rings is 1. The van der Waals surface area contributed by atoms with Gasteiger partial charge in [0.05, 0.1) is 6.54 Å². The van der Waals surface area contributed by atoms with E-state index in [0.29, 0.717) is 19.6 Å². The highest BCUT2D eigenvalue weighted by atomic mass is 127. The molecule has 1 aliphatic rings. The molecule has 5 nitrogen and oxygen atoms in total. The van der Waals surface area contributed by atoms with Crippen molar-refractivity contribution in [3.05, 3.63) is 33.4 Å². The second-order valence-corrected chi connectivity index (χ2v) is 5.99. The van der Waals surface area contributed by atoms with Gasteiger partial charge in [0.25, 0.3) is 5.91 Å². The van der Waals surface area contributed by atoms with Gasteiger partial charge >= 0.3 is 0 Å². The summed E-state index contributed by atoms with van der Waals surface area (Å²) in [5.74, 6) is 0.0865. The van der Waals surface area contributed by atoms with E-state index >= 15 is 0 Å². The number of carbonyl (C=O) groups excluding carboxylic acids is 2. The van der Waals surface area contributed by atoms with E-state index in [1.165, 1.54) is 0 Å². The number of halogens is 1. The second kappa shape index (κ2) is 7.03. The molecule has 1 heterocycles. The minimum absolute atomic E-state index is 0.0161. The Morgan fingerprint density at radius 3 is 2.30 bits per heavy atom. The Morgan fingerprint density at radius 1 is 1.15 bits per heavy atom. The van der Waals surface area contributed by atoms with Crippen LogP contribution in [0.5, 0.6) is 0 Å². The van der Waals surface area contributed by atoms with Crippen molar-refractivity contribution in [3.8, 4) is 0 Å². The molecule has 0 aliphatic carbocycles. The number of rotatable bonds is 3. The summed E-state index contributed by atoms with van der Waals surface area (Å²) in [4.78, 5) is 27.6. The molecule has 0 atom stereocenters. The Balaban J connectivity index is 1.88. The third-order valence-electron chi connectivity index (χ3n) is 3.40. The number of carbonyl (C=O) groups is 2. The highest BCUT2D eigenvalue weighted by Crippen LogP contribution is 2.11. The number of piperazine rings is 1. The van der Waals surface area contributed by atoms with Crippen LogP contribution in [0.2, 0.25) is 0 Å². The smallest absolute Gasteiger partial charge is 0.253 e. The maximum Gasteiger partial charge on any atom is 0.253 e. The second-order valence-electron chi connectivity index (χ2n) is 4.75. The molecule has 0 saturated carbocycles. The molecule has 0 unspecified atom stereocenters. The fourth-order valence-corrected chi connectivity index (χ4v) is 2.53. The molecule has 6 heteroatoms. The van der Waals surface area contributed by atoms with Crippen LogP contribution in [0.3, 0.4) is 0 Å². The number of hydrogen-bond acceptors (Lipinski definition) is 3. The zero-order valence-electron chi connectivity index (χ0n) is 11.4. The topological polar surface area (TPSA) is 52.7 Å². The average Bonchev–Trinajstić information content (AvgIpc) is 2.48. The minimum atomic E-state index is 0.0161. The van der Waals surface area contributed by atoms with Crippen molar-refractivity contribution in [3.63, 3.8) is 0 Å². The molecule has 0 bridgehead atoms. The van der Waals surface area contributed by atoms with E-state index in [-0.39, 0.29) is 11.8 Å². The summed E-state index contributed by atoms with van der Waals surface area (Å²) in [5.41, 5.74) is 0.727. The molecule has 1 fully saturated rings. The first-order chi connectivity index (χ1) is 9.60. The number of nitrogens with one attached hydrogen (secondary N) is 1. The quantitative estimate of drug-likeness (QED) is 0.781. The third-order valence-corrected chi connectivity index (χ3v) is 4.12. The number of hydrogen-bond donors (Lipinski definition) is 1. The van der Waals surface area contributed by atoms with E-state index in [4.69, 9.17) is 0 Å². The van der Waals surface area contributed by atoms with Gasteiger partial charge in [0, 0.05) is 42.4 Å². The molecule has 1 aromatic carbocycles. The van der Waals surface area contributed by atoms with Gasteiger partial charge in [-0.25, -0.2) is 0 Å². The van der Waals surface area contributed by atoms with Crippen LogP contribution in [0.15, 0.2) is 24.3 Å². The molecule has 1 aliphatic heterocycles. The summed E-state index contributed by atoms with van der Waals surface area (Å²) < 4.78 is 1.12. The summed E-state index contributed by atoms with van der Waals surface area (Å²) in [7, 11) is 1.64. The minimum Gasteiger partial charge on any atom is -0.358 e. The molecule has 0 aromatic heterocycles. The first kappa shape index (κ1) is 15.2. The molecule has 2 amide bonds. The van der Waals surface area contributed by atoms with E-state index in [1.54, 1.807) is 7.05 Å². The molecule has 1 aromatic rings. The van der Waals surface area contributed by atoms with E-state index in [1.807, 2.05) is 29.2 Å². The number of nitrogens with zero attached hydrogens (tertiary/aromatic N) is 2. The normalized spacial score (nSPS) is 16.0. The fraction of sp³-hybridized carbons (Fsp3) is 0.429. The molecule has 20 heavy (non-hydrogen) atoms. The largest absolute Gasteiger partial charge is 0.358 e. The molecule has 0 radical (unpaired) electrons. The van der Waals surface area contributed by atoms with Gasteiger partial charge in [-0.3, -0.25) is 14.5 Å². The van der Waals surface area contributed by atoms with Crippen LogP contribution in [0.25, 0.3) is 0 Å². The van der Waals surface area contributed by atoms with Crippen LogP contribution in [-0.4, -0.2) is 61.4 Å². The van der Waals surface area contributed by atoms with Gasteiger partial charge in [-0.05, 0) is 46.9 Å². The van der Waals surface area contributed by atoms with Crippen molar-refractivity contribution in [2.75, 3.05) is 39.8 Å². The van der Waals surface area contributed by atoms with E-state index in [2.05, 4.69) is 32.8 Å². The van der Waals surface area contributed by atoms with Crippen LogP contribution in [-0.2, 0) is 4.79 Å². The van der Waals surface area contributed by atoms with Crippen LogP contribution in [0.1, 0.15) is 10.4 Å². The molecule has 108 valence electrons. The van der Waals surface area contributed by atoms with Gasteiger partial charge in [0.1, 0.15) is 0 Å². The van der Waals surface area contributed by atoms with Crippen molar-refractivity contribution in [2.24, 2.45) is 0 Å². The fourth-order valence-electron chi connectivity index (χ4n) is 2.17. The zero-order valence-corrected chi connectivity index (χ0v) is 13.6. The van der Waals surface area contributed by atoms with E-state index in [9.17, 15) is 9.59 Å². The highest BCUT2D eigenvalue weighted by molar-refractivity contribution is 14.1. The van der Waals surface area contributed by atoms with Gasteiger partial charge in [0.2, 0.25) is 5.91 Å². The van der Waals surface area contributed by atoms with Crippen molar-refractivity contribution in [1.29, 1.82) is 0 Å². The van der Waals surface area contributed by atoms with Crippen LogP contribution in [0.4, 0.5) is 0 Å². The molecule has 2 rings (SSSR count). The monoisotopic (exact) mass is 387 g/mol. The number of likely N-dealkylation sites (N-methyl/N-ethyl adjacent to an activating group) is 1.